The molecule has 2 N–H and O–H groups in total. The van der Waals surface area contributed by atoms with E-state index in [1.807, 2.05) is 20.8 Å². The van der Waals surface area contributed by atoms with Crippen LogP contribution >= 0.6 is 0 Å². The van der Waals surface area contributed by atoms with E-state index in [4.69, 9.17) is 9.47 Å². The zero-order valence-corrected chi connectivity index (χ0v) is 14.9. The number of benzene rings is 1. The van der Waals surface area contributed by atoms with Crippen LogP contribution in [-0.2, 0) is 9.53 Å². The van der Waals surface area contributed by atoms with Crippen molar-refractivity contribution in [1.82, 2.24) is 4.90 Å². The highest BCUT2D eigenvalue weighted by Gasteiger charge is 2.39. The highest BCUT2D eigenvalue weighted by molar-refractivity contribution is 5.97. The molecule has 0 aromatic heterocycles. The fourth-order valence-corrected chi connectivity index (χ4v) is 2.61. The van der Waals surface area contributed by atoms with Crippen LogP contribution in [-0.4, -0.2) is 53.9 Å². The summed E-state index contributed by atoms with van der Waals surface area (Å²) in [4.78, 5) is 26.0. The van der Waals surface area contributed by atoms with Crippen molar-refractivity contribution in [2.75, 3.05) is 25.1 Å². The zero-order chi connectivity index (χ0) is 18.4. The molecule has 0 spiro atoms. The van der Waals surface area contributed by atoms with Gasteiger partial charge < -0.3 is 19.9 Å². The van der Waals surface area contributed by atoms with Crippen LogP contribution in [0.25, 0.3) is 0 Å². The molecule has 0 saturated carbocycles. The maximum atomic E-state index is 12.5. The van der Waals surface area contributed by atoms with Crippen LogP contribution in [0.2, 0.25) is 0 Å². The topological polar surface area (TPSA) is 88.1 Å². The Bertz CT molecular complexity index is 588. The van der Waals surface area contributed by atoms with E-state index >= 15 is 0 Å². The van der Waals surface area contributed by atoms with Gasteiger partial charge in [0.2, 0.25) is 5.91 Å². The summed E-state index contributed by atoms with van der Waals surface area (Å²) >= 11 is 0. The lowest BCUT2D eigenvalue weighted by atomic mass is 10.2. The van der Waals surface area contributed by atoms with Gasteiger partial charge in [0.25, 0.3) is 0 Å². The second-order valence-corrected chi connectivity index (χ2v) is 6.48. The molecule has 0 aliphatic carbocycles. The number of nitrogens with zero attached hydrogens (tertiary/aromatic N) is 1. The average molecular weight is 350 g/mol. The number of aliphatic hydroxyl groups excluding tert-OH is 1. The largest absolute Gasteiger partial charge is 0.494 e. The summed E-state index contributed by atoms with van der Waals surface area (Å²) in [6.45, 7) is 6.70. The van der Waals surface area contributed by atoms with Crippen LogP contribution < -0.4 is 10.1 Å². The maximum Gasteiger partial charge on any atom is 0.410 e. The van der Waals surface area contributed by atoms with E-state index in [1.54, 1.807) is 24.3 Å². The predicted octanol–water partition coefficient (Wildman–Crippen LogP) is 2.25. The summed E-state index contributed by atoms with van der Waals surface area (Å²) in [5, 5.41) is 12.6. The molecular weight excluding hydrogens is 324 g/mol. The van der Waals surface area contributed by atoms with Crippen LogP contribution in [0.15, 0.2) is 24.3 Å². The van der Waals surface area contributed by atoms with Crippen molar-refractivity contribution in [3.63, 3.8) is 0 Å². The van der Waals surface area contributed by atoms with Crippen molar-refractivity contribution >= 4 is 17.7 Å². The summed E-state index contributed by atoms with van der Waals surface area (Å²) in [7, 11) is 0. The molecule has 0 unspecified atom stereocenters. The lowest BCUT2D eigenvalue weighted by molar-refractivity contribution is -0.120. The lowest BCUT2D eigenvalue weighted by Gasteiger charge is -2.23. The maximum absolute atomic E-state index is 12.5. The van der Waals surface area contributed by atoms with Crippen LogP contribution in [0.3, 0.4) is 0 Å². The van der Waals surface area contributed by atoms with Gasteiger partial charge in [-0.3, -0.25) is 9.69 Å². The van der Waals surface area contributed by atoms with Crippen molar-refractivity contribution in [3.8, 4) is 5.75 Å². The predicted molar refractivity (Wildman–Crippen MR) is 93.5 cm³/mol. The summed E-state index contributed by atoms with van der Waals surface area (Å²) in [5.41, 5.74) is 0.602. The molecule has 138 valence electrons. The Hall–Kier alpha value is -2.28. The van der Waals surface area contributed by atoms with Gasteiger partial charge >= 0.3 is 6.09 Å². The molecule has 25 heavy (non-hydrogen) atoms. The number of likely N-dealkylation sites (tertiary alicyclic amines) is 1. The molecule has 2 amide bonds. The number of carbonyl (C=O) groups excluding carboxylic acids is 2. The first-order chi connectivity index (χ1) is 11.9. The van der Waals surface area contributed by atoms with E-state index in [-0.39, 0.29) is 31.4 Å². The number of nitrogens with one attached hydrogen (secondary N) is 1. The quantitative estimate of drug-likeness (QED) is 0.821. The van der Waals surface area contributed by atoms with Gasteiger partial charge in [0.1, 0.15) is 11.8 Å². The van der Waals surface area contributed by atoms with E-state index in [2.05, 4.69) is 5.32 Å². The molecule has 1 fully saturated rings. The van der Waals surface area contributed by atoms with E-state index in [0.29, 0.717) is 12.3 Å². The minimum atomic E-state index is -0.749. The molecule has 2 rings (SSSR count). The first-order valence-corrected chi connectivity index (χ1v) is 8.55. The van der Waals surface area contributed by atoms with Crippen molar-refractivity contribution in [2.24, 2.45) is 5.92 Å². The Kier molecular flexibility index (Phi) is 6.64. The molecule has 1 heterocycles. The highest BCUT2D eigenvalue weighted by atomic mass is 16.6. The Morgan fingerprint density at radius 2 is 2.00 bits per heavy atom. The fourth-order valence-electron chi connectivity index (χ4n) is 2.61. The Balaban J connectivity index is 1.99. The normalized spacial score (nSPS) is 19.8. The number of hydrogen-bond acceptors (Lipinski definition) is 5. The summed E-state index contributed by atoms with van der Waals surface area (Å²) in [6, 6.07) is 6.24. The average Bonchev–Trinajstić information content (AvgIpc) is 2.97. The van der Waals surface area contributed by atoms with Gasteiger partial charge in [-0.25, -0.2) is 4.79 Å². The van der Waals surface area contributed by atoms with Crippen molar-refractivity contribution in [2.45, 2.75) is 39.3 Å². The van der Waals surface area contributed by atoms with Crippen molar-refractivity contribution < 1.29 is 24.2 Å². The highest BCUT2D eigenvalue weighted by Crippen LogP contribution is 2.22. The number of rotatable bonds is 6. The van der Waals surface area contributed by atoms with E-state index in [0.717, 1.165) is 5.75 Å². The summed E-state index contributed by atoms with van der Waals surface area (Å²) < 4.78 is 10.5. The Morgan fingerprint density at radius 3 is 2.60 bits per heavy atom. The number of amides is 2. The van der Waals surface area contributed by atoms with Crippen LogP contribution in [0.1, 0.15) is 27.2 Å². The fraction of sp³-hybridized carbons (Fsp3) is 0.556. The van der Waals surface area contributed by atoms with Crippen LogP contribution in [0.5, 0.6) is 5.75 Å². The standard InChI is InChI=1S/C18H26N2O5/c1-4-24-15-7-5-13(6-8-15)19-17(22)16-9-14(21)10-20(16)18(23)25-11-12(2)3/h5-8,12,14,16,21H,4,9-11H2,1-3H3,(H,19,22)/t14-,16-/m0/s1. The molecule has 0 bridgehead atoms. The van der Waals surface area contributed by atoms with Crippen LogP contribution in [0, 0.1) is 5.92 Å². The molecular formula is C18H26N2O5. The molecule has 7 nitrogen and oxygen atoms in total. The Labute approximate surface area is 147 Å². The molecule has 0 radical (unpaired) electrons. The lowest BCUT2D eigenvalue weighted by Crippen LogP contribution is -2.43. The van der Waals surface area contributed by atoms with Crippen LogP contribution in [0.4, 0.5) is 10.5 Å². The first kappa shape index (κ1) is 19.1. The van der Waals surface area contributed by atoms with E-state index in [1.165, 1.54) is 4.90 Å². The number of aliphatic hydroxyl groups is 1. The van der Waals surface area contributed by atoms with Gasteiger partial charge in [0.05, 0.1) is 25.9 Å². The van der Waals surface area contributed by atoms with Crippen molar-refractivity contribution in [1.29, 1.82) is 0 Å². The third-order valence-electron chi connectivity index (χ3n) is 3.79. The van der Waals surface area contributed by atoms with Gasteiger partial charge in [-0.15, -0.1) is 0 Å². The second-order valence-electron chi connectivity index (χ2n) is 6.48. The number of carbonyl (C=O) groups is 2. The number of hydrogen-bond donors (Lipinski definition) is 2. The molecule has 1 saturated heterocycles. The second kappa shape index (κ2) is 8.71. The van der Waals surface area contributed by atoms with Gasteiger partial charge in [0.15, 0.2) is 0 Å². The minimum absolute atomic E-state index is 0.0955. The number of anilines is 1. The smallest absolute Gasteiger partial charge is 0.410 e. The first-order valence-electron chi connectivity index (χ1n) is 8.55. The van der Waals surface area contributed by atoms with Crippen molar-refractivity contribution in [3.05, 3.63) is 24.3 Å². The molecule has 2 atom stereocenters. The third-order valence-corrected chi connectivity index (χ3v) is 3.79. The van der Waals surface area contributed by atoms with E-state index < -0.39 is 18.2 Å². The van der Waals surface area contributed by atoms with Gasteiger partial charge in [0, 0.05) is 12.1 Å². The van der Waals surface area contributed by atoms with Gasteiger partial charge in [-0.1, -0.05) is 13.8 Å². The molecule has 1 aliphatic heterocycles. The molecule has 1 aliphatic rings. The number of β-amino-alcohol motifs (C(OH)–C–C–N with tert-alkyl or cyclic N) is 1. The monoisotopic (exact) mass is 350 g/mol. The van der Waals surface area contributed by atoms with Gasteiger partial charge in [-0.05, 0) is 37.1 Å². The minimum Gasteiger partial charge on any atom is -0.494 e. The summed E-state index contributed by atoms with van der Waals surface area (Å²) in [5.74, 6) is 0.575. The zero-order valence-electron chi connectivity index (χ0n) is 14.9. The molecule has 7 heteroatoms. The molecule has 1 aromatic rings. The van der Waals surface area contributed by atoms with E-state index in [9.17, 15) is 14.7 Å². The SMILES string of the molecule is CCOc1ccc(NC(=O)[C@@H]2C[C@H](O)CN2C(=O)OCC(C)C)cc1. The number of ether oxygens (including phenoxy) is 2. The third kappa shape index (κ3) is 5.35. The van der Waals surface area contributed by atoms with Gasteiger partial charge in [-0.2, -0.15) is 0 Å². The summed E-state index contributed by atoms with van der Waals surface area (Å²) in [6.07, 6.45) is -1.11. The molecule has 1 aromatic carbocycles. The Morgan fingerprint density at radius 1 is 1.32 bits per heavy atom.